The minimum Gasteiger partial charge on any atom is -0.298 e. The predicted molar refractivity (Wildman–Crippen MR) is 136 cm³/mol. The predicted octanol–water partition coefficient (Wildman–Crippen LogP) is 7.25. The van der Waals surface area contributed by atoms with Crippen molar-refractivity contribution in [2.45, 2.75) is 11.4 Å². The van der Waals surface area contributed by atoms with E-state index in [0.29, 0.717) is 23.8 Å². The molecule has 0 fully saturated rings. The third kappa shape index (κ3) is 6.64. The maximum Gasteiger partial charge on any atom is 0.264 e. The molecule has 0 aromatic heterocycles. The van der Waals surface area contributed by atoms with Crippen LogP contribution in [0.25, 0.3) is 6.08 Å². The van der Waals surface area contributed by atoms with Gasteiger partial charge in [-0.3, -0.25) is 9.62 Å². The lowest BCUT2D eigenvalue weighted by Gasteiger charge is -2.19. The van der Waals surface area contributed by atoms with Gasteiger partial charge in [0.15, 0.2) is 0 Å². The molecule has 168 valence electrons. The lowest BCUT2D eigenvalue weighted by atomic mass is 10.1. The Labute approximate surface area is 208 Å². The van der Waals surface area contributed by atoms with E-state index in [1.807, 2.05) is 55.6 Å². The molecule has 0 atom stereocenters. The number of benzene rings is 3. The van der Waals surface area contributed by atoms with Crippen molar-refractivity contribution in [3.05, 3.63) is 98.0 Å². The highest BCUT2D eigenvalue weighted by molar-refractivity contribution is 7.93. The van der Waals surface area contributed by atoms with Crippen LogP contribution in [0.2, 0.25) is 20.1 Å². The monoisotopic (exact) mass is 528 g/mol. The van der Waals surface area contributed by atoms with Gasteiger partial charge in [0.2, 0.25) is 0 Å². The van der Waals surface area contributed by atoms with Gasteiger partial charge in [-0.2, -0.15) is 0 Å². The minimum absolute atomic E-state index is 0.0445. The zero-order valence-electron chi connectivity index (χ0n) is 17.0. The van der Waals surface area contributed by atoms with Crippen LogP contribution < -0.4 is 4.72 Å². The van der Waals surface area contributed by atoms with Crippen molar-refractivity contribution in [1.82, 2.24) is 4.90 Å². The molecule has 0 unspecified atom stereocenters. The SMILES string of the molecule is CN(CC=Cc1ccc(Cl)cc1)Cc1ccccc1NS(=O)(=O)c1c(Cl)cc(Cl)cc1Cl. The molecule has 9 heteroatoms. The second-order valence-electron chi connectivity index (χ2n) is 7.11. The summed E-state index contributed by atoms with van der Waals surface area (Å²) in [7, 11) is -2.07. The number of para-hydroxylation sites is 1. The first-order chi connectivity index (χ1) is 15.2. The van der Waals surface area contributed by atoms with Gasteiger partial charge in [-0.25, -0.2) is 8.42 Å². The number of halogens is 4. The first kappa shape index (κ1) is 24.9. The molecular weight excluding hydrogens is 510 g/mol. The fraction of sp³-hybridized carbons (Fsp3) is 0.130. The summed E-state index contributed by atoms with van der Waals surface area (Å²) in [6.45, 7) is 1.18. The summed E-state index contributed by atoms with van der Waals surface area (Å²) in [4.78, 5) is 1.85. The minimum atomic E-state index is -4.02. The molecule has 0 spiro atoms. The lowest BCUT2D eigenvalue weighted by Crippen LogP contribution is -2.20. The van der Waals surface area contributed by atoms with Gasteiger partial charge in [-0.15, -0.1) is 0 Å². The molecule has 0 saturated carbocycles. The quantitative estimate of drug-likeness (QED) is 0.334. The number of nitrogens with one attached hydrogen (secondary N) is 1. The van der Waals surface area contributed by atoms with E-state index in [2.05, 4.69) is 9.62 Å². The van der Waals surface area contributed by atoms with Gasteiger partial charge >= 0.3 is 0 Å². The van der Waals surface area contributed by atoms with Crippen LogP contribution in [-0.4, -0.2) is 26.9 Å². The second kappa shape index (κ2) is 10.9. The average Bonchev–Trinajstić information content (AvgIpc) is 2.69. The Hall–Kier alpha value is -1.73. The number of hydrogen-bond donors (Lipinski definition) is 1. The maximum atomic E-state index is 13.0. The molecule has 32 heavy (non-hydrogen) atoms. The van der Waals surface area contributed by atoms with Crippen LogP contribution in [0.3, 0.4) is 0 Å². The van der Waals surface area contributed by atoms with Gasteiger partial charge in [0.05, 0.1) is 15.7 Å². The molecule has 0 radical (unpaired) electrons. The molecule has 0 bridgehead atoms. The zero-order valence-corrected chi connectivity index (χ0v) is 20.9. The summed E-state index contributed by atoms with van der Waals surface area (Å²) in [6.07, 6.45) is 4.04. The number of sulfonamides is 1. The molecule has 0 aliphatic carbocycles. The lowest BCUT2D eigenvalue weighted by molar-refractivity contribution is 0.364. The zero-order chi connectivity index (χ0) is 23.3. The van der Waals surface area contributed by atoms with Crippen LogP contribution in [-0.2, 0) is 16.6 Å². The van der Waals surface area contributed by atoms with E-state index in [4.69, 9.17) is 46.4 Å². The fourth-order valence-corrected chi connectivity index (χ4v) is 5.81. The third-order valence-corrected chi connectivity index (χ3v) is 7.29. The van der Waals surface area contributed by atoms with Crippen molar-refractivity contribution in [2.75, 3.05) is 18.3 Å². The third-order valence-electron chi connectivity index (χ3n) is 4.53. The second-order valence-corrected chi connectivity index (χ2v) is 10.4. The molecule has 3 rings (SSSR count). The van der Waals surface area contributed by atoms with Gasteiger partial charge in [0.1, 0.15) is 4.90 Å². The van der Waals surface area contributed by atoms with E-state index in [-0.39, 0.29) is 20.0 Å². The maximum absolute atomic E-state index is 13.0. The molecule has 3 aromatic carbocycles. The Morgan fingerprint density at radius 3 is 2.19 bits per heavy atom. The van der Waals surface area contributed by atoms with Crippen molar-refractivity contribution in [3.8, 4) is 0 Å². The molecule has 0 aliphatic heterocycles. The summed E-state index contributed by atoms with van der Waals surface area (Å²) < 4.78 is 28.6. The number of anilines is 1. The van der Waals surface area contributed by atoms with Crippen LogP contribution in [0.15, 0.2) is 71.6 Å². The molecule has 1 N–H and O–H groups in total. The molecule has 4 nitrogen and oxygen atoms in total. The van der Waals surface area contributed by atoms with Gasteiger partial charge in [-0.05, 0) is 48.5 Å². The Morgan fingerprint density at radius 2 is 1.53 bits per heavy atom. The highest BCUT2D eigenvalue weighted by Gasteiger charge is 2.23. The van der Waals surface area contributed by atoms with Crippen molar-refractivity contribution in [1.29, 1.82) is 0 Å². The standard InChI is InChI=1S/C23H20Cl4N2O2S/c1-29(12-4-5-16-8-10-18(24)11-9-16)15-17-6-2-3-7-22(17)28-32(30,31)23-20(26)13-19(25)14-21(23)27/h2-11,13-14,28H,12,15H2,1H3. The van der Waals surface area contributed by atoms with Gasteiger partial charge in [0.25, 0.3) is 10.0 Å². The van der Waals surface area contributed by atoms with Gasteiger partial charge < -0.3 is 0 Å². The normalized spacial score (nSPS) is 11.9. The molecule has 3 aromatic rings. The molecule has 0 heterocycles. The Bertz CT molecular complexity index is 1210. The summed E-state index contributed by atoms with van der Waals surface area (Å²) >= 11 is 24.0. The van der Waals surface area contributed by atoms with E-state index in [1.54, 1.807) is 12.1 Å². The largest absolute Gasteiger partial charge is 0.298 e. The Kier molecular flexibility index (Phi) is 8.50. The molecule has 0 saturated heterocycles. The first-order valence-corrected chi connectivity index (χ1v) is 12.5. The smallest absolute Gasteiger partial charge is 0.264 e. The number of rotatable bonds is 8. The Morgan fingerprint density at radius 1 is 0.906 bits per heavy atom. The van der Waals surface area contributed by atoms with Crippen LogP contribution in [0, 0.1) is 0 Å². The van der Waals surface area contributed by atoms with E-state index < -0.39 is 10.0 Å². The summed E-state index contributed by atoms with van der Waals surface area (Å²) in [6, 6.07) is 17.4. The van der Waals surface area contributed by atoms with E-state index in [1.165, 1.54) is 12.1 Å². The van der Waals surface area contributed by atoms with Crippen LogP contribution >= 0.6 is 46.4 Å². The average molecular weight is 530 g/mol. The topological polar surface area (TPSA) is 49.4 Å². The number of likely N-dealkylation sites (N-methyl/N-ethyl adjacent to an activating group) is 1. The van der Waals surface area contributed by atoms with Crippen LogP contribution in [0.1, 0.15) is 11.1 Å². The van der Waals surface area contributed by atoms with Crippen molar-refractivity contribution in [2.24, 2.45) is 0 Å². The van der Waals surface area contributed by atoms with Crippen molar-refractivity contribution < 1.29 is 8.42 Å². The van der Waals surface area contributed by atoms with E-state index in [9.17, 15) is 8.42 Å². The van der Waals surface area contributed by atoms with E-state index in [0.717, 1.165) is 11.1 Å². The molecule has 0 amide bonds. The van der Waals surface area contributed by atoms with E-state index >= 15 is 0 Å². The highest BCUT2D eigenvalue weighted by atomic mass is 35.5. The molecule has 0 aliphatic rings. The van der Waals surface area contributed by atoms with Crippen LogP contribution in [0.5, 0.6) is 0 Å². The fourth-order valence-electron chi connectivity index (χ4n) is 3.04. The van der Waals surface area contributed by atoms with Gasteiger partial charge in [-0.1, -0.05) is 88.9 Å². The molecular formula is C23H20Cl4N2O2S. The summed E-state index contributed by atoms with van der Waals surface area (Å²) in [5, 5.41) is 0.862. The number of nitrogens with zero attached hydrogens (tertiary/aromatic N) is 1. The summed E-state index contributed by atoms with van der Waals surface area (Å²) in [5.74, 6) is 0. The highest BCUT2D eigenvalue weighted by Crippen LogP contribution is 2.34. The summed E-state index contributed by atoms with van der Waals surface area (Å²) in [5.41, 5.74) is 2.30. The van der Waals surface area contributed by atoms with Crippen LogP contribution in [0.4, 0.5) is 5.69 Å². The first-order valence-electron chi connectivity index (χ1n) is 9.51. The van der Waals surface area contributed by atoms with Crippen molar-refractivity contribution >= 4 is 68.2 Å². The Balaban J connectivity index is 1.74. The van der Waals surface area contributed by atoms with Crippen molar-refractivity contribution in [3.63, 3.8) is 0 Å². The van der Waals surface area contributed by atoms with Gasteiger partial charge in [0, 0.05) is 23.1 Å². The number of hydrogen-bond acceptors (Lipinski definition) is 3.